The molecule has 0 aromatic heterocycles. The molecule has 104 valence electrons. The van der Waals surface area contributed by atoms with E-state index in [4.69, 9.17) is 5.84 Å². The maximum Gasteiger partial charge on any atom is 0.267 e. The SMILES string of the molecule is CSCCNC(=O)/C(Cc1ccc(O)c(Br)c1)=N/N. The minimum Gasteiger partial charge on any atom is -0.507 e. The molecular formula is C12H16BrN3O2S. The average molecular weight is 346 g/mol. The first-order valence-corrected chi connectivity index (χ1v) is 7.78. The first-order chi connectivity index (χ1) is 9.08. The smallest absolute Gasteiger partial charge is 0.267 e. The molecule has 0 bridgehead atoms. The molecule has 7 heteroatoms. The van der Waals surface area contributed by atoms with Gasteiger partial charge in [-0.25, -0.2) is 0 Å². The molecule has 0 unspecified atom stereocenters. The van der Waals surface area contributed by atoms with E-state index < -0.39 is 0 Å². The molecule has 0 radical (unpaired) electrons. The highest BCUT2D eigenvalue weighted by molar-refractivity contribution is 9.10. The number of nitrogens with one attached hydrogen (secondary N) is 1. The summed E-state index contributed by atoms with van der Waals surface area (Å²) in [6.45, 7) is 0.582. The van der Waals surface area contributed by atoms with Crippen molar-refractivity contribution in [3.8, 4) is 5.75 Å². The standard InChI is InChI=1S/C12H16BrN3O2S/c1-19-5-4-15-12(18)10(16-14)7-8-2-3-11(17)9(13)6-8/h2-3,6,17H,4-5,7,14H2,1H3,(H,15,18)/b16-10+. The van der Waals surface area contributed by atoms with Crippen molar-refractivity contribution in [1.29, 1.82) is 0 Å². The molecule has 5 nitrogen and oxygen atoms in total. The Kier molecular flexibility index (Phi) is 6.72. The fraction of sp³-hybridized carbons (Fsp3) is 0.333. The number of halogens is 1. The topological polar surface area (TPSA) is 87.7 Å². The van der Waals surface area contributed by atoms with Gasteiger partial charge in [0.1, 0.15) is 11.5 Å². The Labute approximate surface area is 124 Å². The van der Waals surface area contributed by atoms with E-state index >= 15 is 0 Å². The van der Waals surface area contributed by atoms with E-state index in [2.05, 4.69) is 26.3 Å². The Hall–Kier alpha value is -1.21. The fourth-order valence-electron chi connectivity index (χ4n) is 1.41. The van der Waals surface area contributed by atoms with E-state index in [1.807, 2.05) is 6.26 Å². The van der Waals surface area contributed by atoms with Crippen molar-refractivity contribution in [1.82, 2.24) is 5.32 Å². The van der Waals surface area contributed by atoms with Crippen LogP contribution in [0.4, 0.5) is 0 Å². The van der Waals surface area contributed by atoms with E-state index in [1.54, 1.807) is 30.0 Å². The Morgan fingerprint density at radius 3 is 2.89 bits per heavy atom. The van der Waals surface area contributed by atoms with E-state index in [1.165, 1.54) is 0 Å². The second kappa shape index (κ2) is 8.06. The molecule has 0 heterocycles. The zero-order valence-electron chi connectivity index (χ0n) is 10.5. The van der Waals surface area contributed by atoms with Crippen LogP contribution in [-0.2, 0) is 11.2 Å². The van der Waals surface area contributed by atoms with E-state index in [0.717, 1.165) is 11.3 Å². The highest BCUT2D eigenvalue weighted by Crippen LogP contribution is 2.24. The van der Waals surface area contributed by atoms with Crippen LogP contribution in [0.2, 0.25) is 0 Å². The van der Waals surface area contributed by atoms with Gasteiger partial charge in [0, 0.05) is 18.7 Å². The zero-order chi connectivity index (χ0) is 14.3. The van der Waals surface area contributed by atoms with Gasteiger partial charge in [-0.1, -0.05) is 6.07 Å². The quantitative estimate of drug-likeness (QED) is 0.315. The summed E-state index contributed by atoms with van der Waals surface area (Å²) in [6.07, 6.45) is 2.29. The summed E-state index contributed by atoms with van der Waals surface area (Å²) >= 11 is 4.87. The van der Waals surface area contributed by atoms with E-state index in [9.17, 15) is 9.90 Å². The molecule has 0 fully saturated rings. The largest absolute Gasteiger partial charge is 0.507 e. The Morgan fingerprint density at radius 2 is 2.32 bits per heavy atom. The Bertz CT molecular complexity index is 480. The maximum atomic E-state index is 11.8. The van der Waals surface area contributed by atoms with Crippen molar-refractivity contribution in [2.45, 2.75) is 6.42 Å². The number of amides is 1. The molecule has 0 saturated carbocycles. The van der Waals surface area contributed by atoms with Crippen molar-refractivity contribution in [2.75, 3.05) is 18.6 Å². The van der Waals surface area contributed by atoms with E-state index in [0.29, 0.717) is 17.4 Å². The summed E-state index contributed by atoms with van der Waals surface area (Å²) in [6, 6.07) is 5.01. The van der Waals surface area contributed by atoms with Gasteiger partial charge >= 0.3 is 0 Å². The molecule has 1 amide bonds. The monoisotopic (exact) mass is 345 g/mol. The normalized spacial score (nSPS) is 11.4. The number of carbonyl (C=O) groups excluding carboxylic acids is 1. The number of rotatable bonds is 6. The third-order valence-corrected chi connectivity index (χ3v) is 3.64. The third kappa shape index (κ3) is 5.12. The van der Waals surface area contributed by atoms with Gasteiger partial charge < -0.3 is 16.3 Å². The predicted octanol–water partition coefficient (Wildman–Crippen LogP) is 1.49. The minimum atomic E-state index is -0.263. The Morgan fingerprint density at radius 1 is 1.58 bits per heavy atom. The lowest BCUT2D eigenvalue weighted by atomic mass is 10.1. The highest BCUT2D eigenvalue weighted by Gasteiger charge is 2.12. The molecular weight excluding hydrogens is 330 g/mol. The van der Waals surface area contributed by atoms with Gasteiger partial charge in [0.25, 0.3) is 5.91 Å². The number of carbonyl (C=O) groups is 1. The van der Waals surface area contributed by atoms with Crippen LogP contribution in [0.5, 0.6) is 5.75 Å². The van der Waals surface area contributed by atoms with Crippen molar-refractivity contribution in [2.24, 2.45) is 10.9 Å². The molecule has 0 aliphatic heterocycles. The first kappa shape index (κ1) is 15.8. The first-order valence-electron chi connectivity index (χ1n) is 5.59. The maximum absolute atomic E-state index is 11.8. The number of hydrogen-bond acceptors (Lipinski definition) is 5. The number of phenolic OH excluding ortho intramolecular Hbond substituents is 1. The van der Waals surface area contributed by atoms with Crippen molar-refractivity contribution < 1.29 is 9.90 Å². The lowest BCUT2D eigenvalue weighted by molar-refractivity contribution is -0.114. The zero-order valence-corrected chi connectivity index (χ0v) is 12.9. The summed E-state index contributed by atoms with van der Waals surface area (Å²) in [5.41, 5.74) is 1.10. The van der Waals surface area contributed by atoms with Crippen LogP contribution in [-0.4, -0.2) is 35.3 Å². The van der Waals surface area contributed by atoms with Crippen LogP contribution in [0.3, 0.4) is 0 Å². The second-order valence-electron chi connectivity index (χ2n) is 3.79. The fourth-order valence-corrected chi connectivity index (χ4v) is 2.14. The molecule has 19 heavy (non-hydrogen) atoms. The molecule has 1 aromatic carbocycles. The van der Waals surface area contributed by atoms with Crippen LogP contribution in [0.15, 0.2) is 27.8 Å². The summed E-state index contributed by atoms with van der Waals surface area (Å²) in [5, 5.41) is 15.7. The molecule has 1 rings (SSSR count). The number of nitrogens with two attached hydrogens (primary N) is 1. The number of benzene rings is 1. The van der Waals surface area contributed by atoms with Gasteiger partial charge in [-0.2, -0.15) is 16.9 Å². The van der Waals surface area contributed by atoms with Gasteiger partial charge in [0.2, 0.25) is 0 Å². The summed E-state index contributed by atoms with van der Waals surface area (Å²) < 4.78 is 0.573. The van der Waals surface area contributed by atoms with Gasteiger partial charge in [-0.15, -0.1) is 0 Å². The number of aromatic hydroxyl groups is 1. The summed E-state index contributed by atoms with van der Waals surface area (Å²) in [7, 11) is 0. The van der Waals surface area contributed by atoms with Crippen molar-refractivity contribution in [3.05, 3.63) is 28.2 Å². The lowest BCUT2D eigenvalue weighted by Gasteiger charge is -2.07. The number of hydrogen-bond donors (Lipinski definition) is 3. The minimum absolute atomic E-state index is 0.152. The lowest BCUT2D eigenvalue weighted by Crippen LogP contribution is -2.34. The van der Waals surface area contributed by atoms with Crippen LogP contribution in [0.25, 0.3) is 0 Å². The van der Waals surface area contributed by atoms with Crippen molar-refractivity contribution >= 4 is 39.3 Å². The van der Waals surface area contributed by atoms with Crippen LogP contribution in [0, 0.1) is 0 Å². The molecule has 0 aliphatic rings. The summed E-state index contributed by atoms with van der Waals surface area (Å²) in [5.74, 6) is 5.99. The summed E-state index contributed by atoms with van der Waals surface area (Å²) in [4.78, 5) is 11.8. The van der Waals surface area contributed by atoms with Crippen LogP contribution in [0.1, 0.15) is 5.56 Å². The van der Waals surface area contributed by atoms with Gasteiger partial charge in [-0.05, 0) is 39.9 Å². The molecule has 4 N–H and O–H groups in total. The van der Waals surface area contributed by atoms with Crippen LogP contribution < -0.4 is 11.2 Å². The van der Waals surface area contributed by atoms with Gasteiger partial charge in [0.05, 0.1) is 4.47 Å². The predicted molar refractivity (Wildman–Crippen MR) is 82.5 cm³/mol. The molecule has 0 spiro atoms. The Balaban J connectivity index is 2.66. The highest BCUT2D eigenvalue weighted by atomic mass is 79.9. The molecule has 0 atom stereocenters. The van der Waals surface area contributed by atoms with Gasteiger partial charge in [-0.3, -0.25) is 4.79 Å². The second-order valence-corrected chi connectivity index (χ2v) is 5.63. The number of phenols is 1. The number of nitrogens with zero attached hydrogens (tertiary/aromatic N) is 1. The van der Waals surface area contributed by atoms with Crippen LogP contribution >= 0.6 is 27.7 Å². The molecule has 0 aliphatic carbocycles. The van der Waals surface area contributed by atoms with Gasteiger partial charge in [0.15, 0.2) is 0 Å². The average Bonchev–Trinajstić information content (AvgIpc) is 2.40. The number of thioether (sulfide) groups is 1. The third-order valence-electron chi connectivity index (χ3n) is 2.39. The van der Waals surface area contributed by atoms with E-state index in [-0.39, 0.29) is 17.4 Å². The van der Waals surface area contributed by atoms with Crippen molar-refractivity contribution in [3.63, 3.8) is 0 Å². The number of hydrazone groups is 1. The molecule has 1 aromatic rings. The molecule has 0 saturated heterocycles.